The van der Waals surface area contributed by atoms with Crippen LogP contribution in [0, 0.1) is 0 Å². The molecule has 0 saturated heterocycles. The molecule has 2 heterocycles. The average Bonchev–Trinajstić information content (AvgIpc) is 2.41. The van der Waals surface area contributed by atoms with Gasteiger partial charge in [-0.1, -0.05) is 0 Å². The highest BCUT2D eigenvalue weighted by atomic mass is 19.4. The van der Waals surface area contributed by atoms with Gasteiger partial charge in [-0.2, -0.15) is 18.3 Å². The van der Waals surface area contributed by atoms with Crippen LogP contribution in [0.4, 0.5) is 13.2 Å². The molecule has 14 heavy (non-hydrogen) atoms. The minimum Gasteiger partial charge on any atom is -0.273 e. The van der Waals surface area contributed by atoms with Crippen molar-refractivity contribution in [3.8, 4) is 0 Å². The molecule has 2 aromatic heterocycles. The molecular weight excluding hydrogens is 195 g/mol. The largest absolute Gasteiger partial charge is 0.417 e. The summed E-state index contributed by atoms with van der Waals surface area (Å²) in [6.45, 7) is 0. The number of alkyl halides is 3. The monoisotopic (exact) mass is 201 g/mol. The van der Waals surface area contributed by atoms with Gasteiger partial charge in [-0.25, -0.2) is 0 Å². The van der Waals surface area contributed by atoms with Crippen LogP contribution in [0.5, 0.6) is 0 Å². The minimum absolute atomic E-state index is 0.252. The van der Waals surface area contributed by atoms with Gasteiger partial charge >= 0.3 is 6.18 Å². The molecule has 0 unspecified atom stereocenters. The van der Waals surface area contributed by atoms with Gasteiger partial charge in [0.05, 0.1) is 11.8 Å². The van der Waals surface area contributed by atoms with Crippen LogP contribution in [0.25, 0.3) is 11.0 Å². The van der Waals surface area contributed by atoms with Crippen molar-refractivity contribution < 1.29 is 13.2 Å². The smallest absolute Gasteiger partial charge is 0.273 e. The number of fused-ring (bicyclic) bond motifs is 1. The van der Waals surface area contributed by atoms with Gasteiger partial charge < -0.3 is 0 Å². The molecule has 0 aliphatic rings. The highest BCUT2D eigenvalue weighted by molar-refractivity contribution is 5.73. The Bertz CT molecular complexity index is 472. The van der Waals surface area contributed by atoms with Gasteiger partial charge in [0.25, 0.3) is 0 Å². The van der Waals surface area contributed by atoms with Crippen LogP contribution < -0.4 is 0 Å². The summed E-state index contributed by atoms with van der Waals surface area (Å²) in [5.41, 5.74) is -0.0634. The number of aryl methyl sites for hydroxylation is 1. The lowest BCUT2D eigenvalue weighted by Crippen LogP contribution is -2.04. The molecule has 0 amide bonds. The number of aromatic nitrogens is 3. The summed E-state index contributed by atoms with van der Waals surface area (Å²) in [7, 11) is 1.63. The maximum atomic E-state index is 12.2. The van der Waals surface area contributed by atoms with Crippen molar-refractivity contribution in [2.45, 2.75) is 6.18 Å². The van der Waals surface area contributed by atoms with Crippen LogP contribution in [0.15, 0.2) is 18.5 Å². The fourth-order valence-electron chi connectivity index (χ4n) is 1.17. The van der Waals surface area contributed by atoms with E-state index in [9.17, 15) is 13.2 Å². The highest BCUT2D eigenvalue weighted by Gasteiger charge is 2.31. The van der Waals surface area contributed by atoms with Crippen molar-refractivity contribution in [2.75, 3.05) is 0 Å². The second kappa shape index (κ2) is 2.70. The zero-order valence-corrected chi connectivity index (χ0v) is 7.21. The Labute approximate surface area is 77.2 Å². The third-order valence-corrected chi connectivity index (χ3v) is 1.80. The maximum Gasteiger partial charge on any atom is 0.417 e. The van der Waals surface area contributed by atoms with Gasteiger partial charge in [-0.3, -0.25) is 9.67 Å². The van der Waals surface area contributed by atoms with E-state index < -0.39 is 11.7 Å². The van der Waals surface area contributed by atoms with Gasteiger partial charge in [-0.05, 0) is 6.07 Å². The molecule has 0 spiro atoms. The quantitative estimate of drug-likeness (QED) is 0.652. The molecule has 0 bridgehead atoms. The summed E-state index contributed by atoms with van der Waals surface area (Å²) in [5, 5.41) is 3.84. The van der Waals surface area contributed by atoms with Crippen molar-refractivity contribution >= 4 is 11.0 Å². The number of halogens is 3. The summed E-state index contributed by atoms with van der Waals surface area (Å²) in [6.07, 6.45) is -1.99. The van der Waals surface area contributed by atoms with Crippen LogP contribution >= 0.6 is 0 Å². The predicted octanol–water partition coefficient (Wildman–Crippen LogP) is 1.99. The van der Waals surface area contributed by atoms with Crippen LogP contribution in [-0.4, -0.2) is 14.8 Å². The summed E-state index contributed by atoms with van der Waals surface area (Å²) < 4.78 is 38.2. The molecule has 2 rings (SSSR count). The molecule has 0 saturated carbocycles. The first-order valence-corrected chi connectivity index (χ1v) is 3.83. The molecule has 0 aliphatic carbocycles. The molecule has 0 atom stereocenters. The summed E-state index contributed by atoms with van der Waals surface area (Å²) in [6, 6.07) is 0.988. The van der Waals surface area contributed by atoms with E-state index in [1.807, 2.05) is 0 Å². The van der Waals surface area contributed by atoms with Crippen molar-refractivity contribution in [2.24, 2.45) is 7.05 Å². The van der Waals surface area contributed by atoms with Crippen molar-refractivity contribution in [1.29, 1.82) is 0 Å². The number of pyridine rings is 1. The molecule has 0 N–H and O–H groups in total. The van der Waals surface area contributed by atoms with Crippen molar-refractivity contribution in [3.63, 3.8) is 0 Å². The Morgan fingerprint density at radius 3 is 2.64 bits per heavy atom. The van der Waals surface area contributed by atoms with Crippen molar-refractivity contribution in [3.05, 3.63) is 24.0 Å². The molecule has 0 aromatic carbocycles. The zero-order valence-electron chi connectivity index (χ0n) is 7.21. The summed E-state index contributed by atoms with van der Waals surface area (Å²) in [5.74, 6) is 0. The Hall–Kier alpha value is -1.59. The molecule has 0 aliphatic heterocycles. The molecule has 3 nitrogen and oxygen atoms in total. The first-order chi connectivity index (χ1) is 6.47. The average molecular weight is 201 g/mol. The summed E-state index contributed by atoms with van der Waals surface area (Å²) in [4.78, 5) is 3.67. The molecule has 6 heteroatoms. The SMILES string of the molecule is Cn1cc2ncc(C(F)(F)F)cc2n1. The van der Waals surface area contributed by atoms with Gasteiger partial charge in [-0.15, -0.1) is 0 Å². The van der Waals surface area contributed by atoms with E-state index >= 15 is 0 Å². The first kappa shape index (κ1) is 8.98. The van der Waals surface area contributed by atoms with Gasteiger partial charge in [0.15, 0.2) is 0 Å². The molecule has 0 radical (unpaired) electrons. The van der Waals surface area contributed by atoms with E-state index in [2.05, 4.69) is 10.1 Å². The van der Waals surface area contributed by atoms with Gasteiger partial charge in [0.1, 0.15) is 11.0 Å². The van der Waals surface area contributed by atoms with E-state index in [1.165, 1.54) is 4.68 Å². The third kappa shape index (κ3) is 1.43. The lowest BCUT2D eigenvalue weighted by Gasteiger charge is -2.04. The van der Waals surface area contributed by atoms with E-state index in [0.717, 1.165) is 12.3 Å². The number of hydrogen-bond acceptors (Lipinski definition) is 2. The van der Waals surface area contributed by atoms with Gasteiger partial charge in [0, 0.05) is 13.2 Å². The fraction of sp³-hybridized carbons (Fsp3) is 0.250. The van der Waals surface area contributed by atoms with E-state index in [0.29, 0.717) is 5.52 Å². The minimum atomic E-state index is -4.36. The highest BCUT2D eigenvalue weighted by Crippen LogP contribution is 2.29. The Morgan fingerprint density at radius 1 is 1.29 bits per heavy atom. The maximum absolute atomic E-state index is 12.2. The first-order valence-electron chi connectivity index (χ1n) is 3.83. The third-order valence-electron chi connectivity index (χ3n) is 1.80. The standard InChI is InChI=1S/C8H6F3N3/c1-14-4-7-6(13-14)2-5(3-12-7)8(9,10)11/h2-4H,1H3. The Kier molecular flexibility index (Phi) is 1.73. The van der Waals surface area contributed by atoms with E-state index in [4.69, 9.17) is 0 Å². The Morgan fingerprint density at radius 2 is 2.00 bits per heavy atom. The fourth-order valence-corrected chi connectivity index (χ4v) is 1.17. The number of hydrogen-bond donors (Lipinski definition) is 0. The second-order valence-electron chi connectivity index (χ2n) is 2.93. The molecular formula is C8H6F3N3. The number of rotatable bonds is 0. The van der Waals surface area contributed by atoms with Crippen LogP contribution in [0.1, 0.15) is 5.56 Å². The molecule has 2 aromatic rings. The van der Waals surface area contributed by atoms with Crippen molar-refractivity contribution in [1.82, 2.24) is 14.8 Å². The predicted molar refractivity (Wildman–Crippen MR) is 43.5 cm³/mol. The van der Waals surface area contributed by atoms with Crippen LogP contribution in [0.2, 0.25) is 0 Å². The van der Waals surface area contributed by atoms with Gasteiger partial charge in [0.2, 0.25) is 0 Å². The van der Waals surface area contributed by atoms with E-state index in [1.54, 1.807) is 13.2 Å². The number of nitrogens with zero attached hydrogens (tertiary/aromatic N) is 3. The molecule has 74 valence electrons. The Balaban J connectivity index is 2.62. The lowest BCUT2D eigenvalue weighted by atomic mass is 10.2. The summed E-state index contributed by atoms with van der Waals surface area (Å²) >= 11 is 0. The topological polar surface area (TPSA) is 30.7 Å². The lowest BCUT2D eigenvalue weighted by molar-refractivity contribution is -0.137. The normalized spacial score (nSPS) is 12.3. The second-order valence-corrected chi connectivity index (χ2v) is 2.93. The molecule has 0 fully saturated rings. The van der Waals surface area contributed by atoms with Crippen LogP contribution in [0.3, 0.4) is 0 Å². The van der Waals surface area contributed by atoms with Crippen LogP contribution in [-0.2, 0) is 13.2 Å². The van der Waals surface area contributed by atoms with E-state index in [-0.39, 0.29) is 5.52 Å². The zero-order chi connectivity index (χ0) is 10.3.